The molecule has 0 unspecified atom stereocenters. The molecule has 0 aliphatic rings. The number of amides is 1. The normalized spacial score (nSPS) is 11.1. The number of carbonyl (C=O) groups excluding carboxylic acids is 1. The van der Waals surface area contributed by atoms with E-state index in [0.717, 1.165) is 6.07 Å². The van der Waals surface area contributed by atoms with Crippen LogP contribution in [0.1, 0.15) is 33.3 Å². The van der Waals surface area contributed by atoms with Crippen molar-refractivity contribution < 1.29 is 19.6 Å². The Balaban J connectivity index is 3.44. The molecule has 25 heavy (non-hydrogen) atoms. The monoisotopic (exact) mass is 347 g/mol. The molecular weight excluding hydrogens is 326 g/mol. The van der Waals surface area contributed by atoms with Gasteiger partial charge in [0.15, 0.2) is 5.75 Å². The predicted octanol–water partition coefficient (Wildman–Crippen LogP) is 2.86. The highest BCUT2D eigenvalue weighted by Gasteiger charge is 2.22. The third-order valence-corrected chi connectivity index (χ3v) is 3.35. The van der Waals surface area contributed by atoms with Crippen molar-refractivity contribution in [2.45, 2.75) is 33.8 Å². The number of nitro groups is 1. The third-order valence-electron chi connectivity index (χ3n) is 3.35. The Morgan fingerprint density at radius 3 is 2.48 bits per heavy atom. The summed E-state index contributed by atoms with van der Waals surface area (Å²) in [5.74, 6) is -1.14. The average molecular weight is 347 g/mol. The number of phenolic OH excluding ortho intramolecular Hbond substituents is 1. The van der Waals surface area contributed by atoms with E-state index in [0.29, 0.717) is 13.1 Å². The lowest BCUT2D eigenvalue weighted by Gasteiger charge is -2.17. The molecule has 0 saturated carbocycles. The first kappa shape index (κ1) is 20.0. The van der Waals surface area contributed by atoms with Gasteiger partial charge < -0.3 is 14.7 Å². The maximum absolute atomic E-state index is 12.3. The third kappa shape index (κ3) is 4.94. The molecule has 1 aromatic rings. The number of nitrogens with zero attached hydrogens (tertiary/aromatic N) is 3. The number of nitriles is 1. The topological polar surface area (TPSA) is 117 Å². The van der Waals surface area contributed by atoms with E-state index in [9.17, 15) is 25.3 Å². The fraction of sp³-hybridized carbons (Fsp3) is 0.412. The van der Waals surface area contributed by atoms with E-state index in [1.54, 1.807) is 27.7 Å². The summed E-state index contributed by atoms with van der Waals surface area (Å²) in [5, 5.41) is 30.4. The largest absolute Gasteiger partial charge is 0.500 e. The number of nitro benzene ring substituents is 1. The molecule has 0 fully saturated rings. The first-order valence-electron chi connectivity index (χ1n) is 7.84. The van der Waals surface area contributed by atoms with Crippen LogP contribution < -0.4 is 4.74 Å². The smallest absolute Gasteiger partial charge is 0.315 e. The number of phenols is 1. The van der Waals surface area contributed by atoms with Crippen molar-refractivity contribution in [3.63, 3.8) is 0 Å². The average Bonchev–Trinajstić information content (AvgIpc) is 2.55. The molecule has 0 bridgehead atoms. The molecule has 0 radical (unpaired) electrons. The molecule has 1 rings (SSSR count). The van der Waals surface area contributed by atoms with Gasteiger partial charge in [0.05, 0.1) is 11.0 Å². The van der Waals surface area contributed by atoms with E-state index in [4.69, 9.17) is 4.74 Å². The van der Waals surface area contributed by atoms with Crippen molar-refractivity contribution in [3.05, 3.63) is 33.4 Å². The maximum atomic E-state index is 12.3. The minimum atomic E-state index is -0.752. The summed E-state index contributed by atoms with van der Waals surface area (Å²) in [6.07, 6.45) is 0.928. The number of benzene rings is 1. The summed E-state index contributed by atoms with van der Waals surface area (Å²) in [7, 11) is 0. The van der Waals surface area contributed by atoms with E-state index in [2.05, 4.69) is 0 Å². The number of hydrogen-bond donors (Lipinski definition) is 1. The van der Waals surface area contributed by atoms with E-state index in [1.165, 1.54) is 17.0 Å². The van der Waals surface area contributed by atoms with Crippen LogP contribution in [0, 0.1) is 21.4 Å². The number of rotatable bonds is 7. The molecule has 1 N–H and O–H groups in total. The van der Waals surface area contributed by atoms with Crippen molar-refractivity contribution in [2.75, 3.05) is 13.1 Å². The number of likely N-dealkylation sites (N-methyl/N-ethyl adjacent to an activating group) is 1. The second kappa shape index (κ2) is 8.68. The lowest BCUT2D eigenvalue weighted by Crippen LogP contribution is -2.31. The van der Waals surface area contributed by atoms with Crippen LogP contribution in [-0.4, -0.2) is 40.0 Å². The highest BCUT2D eigenvalue weighted by Crippen LogP contribution is 2.38. The minimum Gasteiger partial charge on any atom is -0.500 e. The molecule has 8 nitrogen and oxygen atoms in total. The van der Waals surface area contributed by atoms with Crippen LogP contribution in [0.4, 0.5) is 5.69 Å². The zero-order valence-electron chi connectivity index (χ0n) is 14.6. The summed E-state index contributed by atoms with van der Waals surface area (Å²) in [5.41, 5.74) is -0.492. The predicted molar refractivity (Wildman–Crippen MR) is 92.0 cm³/mol. The van der Waals surface area contributed by atoms with Crippen LogP contribution in [0.15, 0.2) is 17.7 Å². The van der Waals surface area contributed by atoms with Gasteiger partial charge in [-0.1, -0.05) is 0 Å². The van der Waals surface area contributed by atoms with Crippen LogP contribution >= 0.6 is 0 Å². The number of ether oxygens (including phenoxy) is 1. The number of aromatic hydroxyl groups is 1. The van der Waals surface area contributed by atoms with Crippen LogP contribution in [0.5, 0.6) is 11.5 Å². The van der Waals surface area contributed by atoms with Gasteiger partial charge in [0.1, 0.15) is 11.6 Å². The fourth-order valence-corrected chi connectivity index (χ4v) is 2.17. The Morgan fingerprint density at radius 1 is 1.44 bits per heavy atom. The van der Waals surface area contributed by atoms with Gasteiger partial charge in [0.2, 0.25) is 5.75 Å². The van der Waals surface area contributed by atoms with Gasteiger partial charge in [0, 0.05) is 19.2 Å². The molecule has 0 aliphatic carbocycles. The summed E-state index contributed by atoms with van der Waals surface area (Å²) < 4.78 is 5.38. The van der Waals surface area contributed by atoms with Crippen LogP contribution in [0.3, 0.4) is 0 Å². The zero-order chi connectivity index (χ0) is 19.1. The van der Waals surface area contributed by atoms with Crippen molar-refractivity contribution in [1.82, 2.24) is 4.90 Å². The van der Waals surface area contributed by atoms with Gasteiger partial charge in [-0.25, -0.2) is 0 Å². The van der Waals surface area contributed by atoms with Gasteiger partial charge >= 0.3 is 5.69 Å². The van der Waals surface area contributed by atoms with E-state index < -0.39 is 22.3 Å². The molecule has 0 heterocycles. The first-order chi connectivity index (χ1) is 11.7. The standard InChI is InChI=1S/C17H21N3O5/c1-5-19(6-2)17(22)13(10-18)7-12-8-14(20(23)24)16(21)15(9-12)25-11(3)4/h7-9,11,21H,5-6H2,1-4H3/b13-7+. The molecule has 0 aromatic heterocycles. The van der Waals surface area contributed by atoms with E-state index in [-0.39, 0.29) is 23.0 Å². The number of hydrogen-bond acceptors (Lipinski definition) is 6. The van der Waals surface area contributed by atoms with Gasteiger partial charge in [-0.05, 0) is 45.4 Å². The highest BCUT2D eigenvalue weighted by molar-refractivity contribution is 6.01. The molecule has 0 atom stereocenters. The Bertz CT molecular complexity index is 731. The zero-order valence-corrected chi connectivity index (χ0v) is 14.6. The van der Waals surface area contributed by atoms with Crippen LogP contribution in [-0.2, 0) is 4.79 Å². The van der Waals surface area contributed by atoms with Crippen molar-refractivity contribution in [1.29, 1.82) is 5.26 Å². The lowest BCUT2D eigenvalue weighted by atomic mass is 10.1. The summed E-state index contributed by atoms with van der Waals surface area (Å²) in [4.78, 5) is 24.2. The number of carbonyl (C=O) groups is 1. The lowest BCUT2D eigenvalue weighted by molar-refractivity contribution is -0.386. The second-order valence-corrected chi connectivity index (χ2v) is 5.46. The van der Waals surface area contributed by atoms with Crippen LogP contribution in [0.2, 0.25) is 0 Å². The van der Waals surface area contributed by atoms with Gasteiger partial charge in [-0.3, -0.25) is 14.9 Å². The minimum absolute atomic E-state index is 0.0805. The SMILES string of the molecule is CCN(CC)C(=O)/C(C#N)=C/c1cc(OC(C)C)c(O)c([N+](=O)[O-])c1. The van der Waals surface area contributed by atoms with Crippen molar-refractivity contribution in [2.24, 2.45) is 0 Å². The molecular formula is C17H21N3O5. The summed E-state index contributed by atoms with van der Waals surface area (Å²) in [6.45, 7) is 7.86. The fourth-order valence-electron chi connectivity index (χ4n) is 2.17. The maximum Gasteiger partial charge on any atom is 0.315 e. The van der Waals surface area contributed by atoms with Gasteiger partial charge in [-0.15, -0.1) is 0 Å². The molecule has 8 heteroatoms. The Morgan fingerprint density at radius 2 is 2.04 bits per heavy atom. The second-order valence-electron chi connectivity index (χ2n) is 5.46. The summed E-state index contributed by atoms with van der Waals surface area (Å²) >= 11 is 0. The highest BCUT2D eigenvalue weighted by atomic mass is 16.6. The molecule has 134 valence electrons. The van der Waals surface area contributed by atoms with Crippen molar-refractivity contribution >= 4 is 17.7 Å². The Hall–Kier alpha value is -3.08. The molecule has 0 spiro atoms. The van der Waals surface area contributed by atoms with E-state index >= 15 is 0 Å². The van der Waals surface area contributed by atoms with Gasteiger partial charge in [-0.2, -0.15) is 5.26 Å². The Labute approximate surface area is 146 Å². The van der Waals surface area contributed by atoms with Gasteiger partial charge in [0.25, 0.3) is 5.91 Å². The molecule has 1 amide bonds. The van der Waals surface area contributed by atoms with Crippen LogP contribution in [0.25, 0.3) is 6.08 Å². The summed E-state index contributed by atoms with van der Waals surface area (Å²) in [6, 6.07) is 4.27. The van der Waals surface area contributed by atoms with E-state index in [1.807, 2.05) is 6.07 Å². The Kier molecular flexibility index (Phi) is 6.93. The molecule has 1 aromatic carbocycles. The quantitative estimate of drug-likeness (QED) is 0.351. The molecule has 0 aliphatic heterocycles. The molecule has 0 saturated heterocycles. The van der Waals surface area contributed by atoms with Crippen molar-refractivity contribution in [3.8, 4) is 17.6 Å². The first-order valence-corrected chi connectivity index (χ1v) is 7.84.